The molecule has 15 nitrogen and oxygen atoms in total. The highest BCUT2D eigenvalue weighted by Gasteiger charge is 2.22. The lowest BCUT2D eigenvalue weighted by atomic mass is 10.1. The predicted octanol–water partition coefficient (Wildman–Crippen LogP) is 1.56. The second-order valence-corrected chi connectivity index (χ2v) is 5.53. The topological polar surface area (TPSA) is 197 Å². The SMILES string of the molecule is O=[N+]([O-])c1ccc(C(NNc2ccc([N+](=O)[O-])cc2[N+](=O)[O-])n2cnnn2)cc1. The number of nitro benzene ring substituents is 3. The molecule has 148 valence electrons. The Morgan fingerprint density at radius 3 is 2.10 bits per heavy atom. The number of nitrogens with one attached hydrogen (secondary N) is 2. The Hall–Kier alpha value is -4.53. The Labute approximate surface area is 160 Å². The van der Waals surface area contributed by atoms with E-state index in [9.17, 15) is 30.3 Å². The first kappa shape index (κ1) is 19.2. The zero-order valence-electron chi connectivity index (χ0n) is 14.3. The van der Waals surface area contributed by atoms with E-state index in [2.05, 4.69) is 26.4 Å². The van der Waals surface area contributed by atoms with Gasteiger partial charge in [-0.1, -0.05) is 0 Å². The quantitative estimate of drug-likeness (QED) is 0.410. The van der Waals surface area contributed by atoms with Crippen molar-refractivity contribution in [1.29, 1.82) is 0 Å². The fourth-order valence-electron chi connectivity index (χ4n) is 2.40. The maximum atomic E-state index is 11.3. The number of benzene rings is 2. The second-order valence-electron chi connectivity index (χ2n) is 5.53. The summed E-state index contributed by atoms with van der Waals surface area (Å²) in [6.45, 7) is 0. The number of nitrogens with zero attached hydrogens (tertiary/aromatic N) is 7. The molecule has 29 heavy (non-hydrogen) atoms. The standard InChI is InChI=1S/C14H11N9O6/c24-21(25)10-3-1-9(2-4-10)14(20-8-15-18-19-20)17-16-12-6-5-11(22(26)27)7-13(12)23(28)29/h1-8,14,16-17H. The Morgan fingerprint density at radius 1 is 0.897 bits per heavy atom. The maximum absolute atomic E-state index is 11.3. The first-order valence-electron chi connectivity index (χ1n) is 7.78. The lowest BCUT2D eigenvalue weighted by molar-refractivity contribution is -0.393. The molecule has 3 rings (SSSR count). The second kappa shape index (κ2) is 8.01. The predicted molar refractivity (Wildman–Crippen MR) is 95.6 cm³/mol. The van der Waals surface area contributed by atoms with Gasteiger partial charge < -0.3 is 5.43 Å². The molecule has 1 heterocycles. The Kier molecular flexibility index (Phi) is 5.31. The molecule has 0 bridgehead atoms. The van der Waals surface area contributed by atoms with Crippen LogP contribution in [0.3, 0.4) is 0 Å². The lowest BCUT2D eigenvalue weighted by Gasteiger charge is -2.19. The number of tetrazole rings is 1. The van der Waals surface area contributed by atoms with Crippen LogP contribution in [-0.4, -0.2) is 35.0 Å². The summed E-state index contributed by atoms with van der Waals surface area (Å²) in [4.78, 5) is 30.9. The molecule has 0 radical (unpaired) electrons. The van der Waals surface area contributed by atoms with Crippen molar-refractivity contribution in [2.75, 3.05) is 5.43 Å². The van der Waals surface area contributed by atoms with Crippen LogP contribution >= 0.6 is 0 Å². The van der Waals surface area contributed by atoms with E-state index in [0.29, 0.717) is 5.56 Å². The van der Waals surface area contributed by atoms with Gasteiger partial charge in [0.2, 0.25) is 0 Å². The highest BCUT2D eigenvalue weighted by molar-refractivity contribution is 5.64. The van der Waals surface area contributed by atoms with Crippen LogP contribution in [0.1, 0.15) is 11.7 Å². The van der Waals surface area contributed by atoms with Crippen molar-refractivity contribution in [2.45, 2.75) is 6.17 Å². The lowest BCUT2D eigenvalue weighted by Crippen LogP contribution is -2.33. The fourth-order valence-corrected chi connectivity index (χ4v) is 2.40. The third-order valence-corrected chi connectivity index (χ3v) is 3.78. The molecule has 1 atom stereocenters. The number of anilines is 1. The van der Waals surface area contributed by atoms with Gasteiger partial charge >= 0.3 is 5.69 Å². The van der Waals surface area contributed by atoms with Crippen LogP contribution in [0.25, 0.3) is 0 Å². The Morgan fingerprint density at radius 2 is 1.55 bits per heavy atom. The summed E-state index contributed by atoms with van der Waals surface area (Å²) in [5.74, 6) is 0. The van der Waals surface area contributed by atoms with Gasteiger partial charge in [-0.2, -0.15) is 0 Å². The van der Waals surface area contributed by atoms with Crippen LogP contribution < -0.4 is 10.9 Å². The zero-order chi connectivity index (χ0) is 21.0. The molecular weight excluding hydrogens is 390 g/mol. The fraction of sp³-hybridized carbons (Fsp3) is 0.0714. The van der Waals surface area contributed by atoms with E-state index >= 15 is 0 Å². The van der Waals surface area contributed by atoms with Gasteiger partial charge in [-0.05, 0) is 34.2 Å². The van der Waals surface area contributed by atoms with E-state index in [-0.39, 0.29) is 11.4 Å². The van der Waals surface area contributed by atoms with Gasteiger partial charge in [-0.25, -0.2) is 10.1 Å². The summed E-state index contributed by atoms with van der Waals surface area (Å²) in [5.41, 5.74) is 4.77. The van der Waals surface area contributed by atoms with Crippen molar-refractivity contribution >= 4 is 22.7 Å². The third kappa shape index (κ3) is 4.25. The zero-order valence-corrected chi connectivity index (χ0v) is 14.3. The number of hydrogen-bond acceptors (Lipinski definition) is 11. The molecule has 0 aliphatic rings. The first-order valence-corrected chi connectivity index (χ1v) is 7.78. The molecule has 1 aromatic heterocycles. The van der Waals surface area contributed by atoms with Crippen LogP contribution in [0.2, 0.25) is 0 Å². The van der Waals surface area contributed by atoms with Crippen molar-refractivity contribution in [3.05, 3.63) is 84.7 Å². The molecular formula is C14H11N9O6. The molecule has 2 N–H and O–H groups in total. The van der Waals surface area contributed by atoms with E-state index in [1.807, 2.05) is 0 Å². The van der Waals surface area contributed by atoms with Crippen LogP contribution in [0.4, 0.5) is 22.7 Å². The minimum absolute atomic E-state index is 0.0411. The maximum Gasteiger partial charge on any atom is 0.300 e. The van der Waals surface area contributed by atoms with Crippen molar-refractivity contribution < 1.29 is 14.8 Å². The van der Waals surface area contributed by atoms with Crippen LogP contribution in [0, 0.1) is 30.3 Å². The first-order chi connectivity index (χ1) is 13.9. The van der Waals surface area contributed by atoms with Crippen LogP contribution in [-0.2, 0) is 0 Å². The summed E-state index contributed by atoms with van der Waals surface area (Å²) >= 11 is 0. The van der Waals surface area contributed by atoms with E-state index in [1.165, 1.54) is 41.3 Å². The van der Waals surface area contributed by atoms with E-state index in [4.69, 9.17) is 0 Å². The number of hydrazine groups is 1. The summed E-state index contributed by atoms with van der Waals surface area (Å²) in [6.07, 6.45) is 0.464. The van der Waals surface area contributed by atoms with Gasteiger partial charge in [0.15, 0.2) is 0 Å². The van der Waals surface area contributed by atoms with Gasteiger partial charge in [0.25, 0.3) is 11.4 Å². The van der Waals surface area contributed by atoms with Crippen molar-refractivity contribution in [3.63, 3.8) is 0 Å². The van der Waals surface area contributed by atoms with Gasteiger partial charge in [0.1, 0.15) is 18.2 Å². The van der Waals surface area contributed by atoms with Crippen molar-refractivity contribution in [1.82, 2.24) is 25.6 Å². The molecule has 1 unspecified atom stereocenters. The minimum Gasteiger partial charge on any atom is -0.313 e. The Bertz CT molecular complexity index is 1050. The molecule has 0 aliphatic carbocycles. The van der Waals surface area contributed by atoms with E-state index < -0.39 is 32.3 Å². The van der Waals surface area contributed by atoms with Gasteiger partial charge in [-0.15, -0.1) is 5.10 Å². The van der Waals surface area contributed by atoms with Gasteiger partial charge in [0.05, 0.1) is 20.8 Å². The molecule has 3 aromatic rings. The molecule has 0 aliphatic heterocycles. The van der Waals surface area contributed by atoms with E-state index in [0.717, 1.165) is 12.1 Å². The molecule has 0 saturated carbocycles. The molecule has 0 fully saturated rings. The third-order valence-electron chi connectivity index (χ3n) is 3.78. The number of hydrogen-bond donors (Lipinski definition) is 2. The molecule has 0 saturated heterocycles. The minimum atomic E-state index is -0.805. The highest BCUT2D eigenvalue weighted by Crippen LogP contribution is 2.29. The van der Waals surface area contributed by atoms with E-state index in [1.54, 1.807) is 0 Å². The number of non-ortho nitro benzene ring substituents is 2. The normalized spacial score (nSPS) is 11.6. The van der Waals surface area contributed by atoms with Crippen LogP contribution in [0.5, 0.6) is 0 Å². The van der Waals surface area contributed by atoms with Crippen molar-refractivity contribution in [2.24, 2.45) is 0 Å². The summed E-state index contributed by atoms with van der Waals surface area (Å²) in [5, 5.41) is 43.7. The Balaban J connectivity index is 1.89. The van der Waals surface area contributed by atoms with Gasteiger partial charge in [-0.3, -0.25) is 30.3 Å². The summed E-state index contributed by atoms with van der Waals surface area (Å²) < 4.78 is 1.27. The number of rotatable bonds is 8. The van der Waals surface area contributed by atoms with Crippen molar-refractivity contribution in [3.8, 4) is 0 Å². The molecule has 0 amide bonds. The van der Waals surface area contributed by atoms with Gasteiger partial charge in [0, 0.05) is 18.2 Å². The average molecular weight is 401 g/mol. The average Bonchev–Trinajstić information content (AvgIpc) is 3.22. The molecule has 0 spiro atoms. The molecule has 15 heteroatoms. The highest BCUT2D eigenvalue weighted by atomic mass is 16.6. The smallest absolute Gasteiger partial charge is 0.300 e. The monoisotopic (exact) mass is 401 g/mol. The number of aromatic nitrogens is 4. The molecule has 2 aromatic carbocycles. The van der Waals surface area contributed by atoms with Crippen LogP contribution in [0.15, 0.2) is 48.8 Å². The summed E-state index contributed by atoms with van der Waals surface area (Å²) in [6, 6.07) is 8.59. The largest absolute Gasteiger partial charge is 0.313 e. The summed E-state index contributed by atoms with van der Waals surface area (Å²) in [7, 11) is 0. The number of nitro groups is 3.